The molecule has 1 rings (SSSR count). The van der Waals surface area contributed by atoms with E-state index in [-0.39, 0.29) is 29.4 Å². The molecule has 152 valence electrons. The number of sulfone groups is 1. The second-order valence-electron chi connectivity index (χ2n) is 6.02. The summed E-state index contributed by atoms with van der Waals surface area (Å²) in [6.45, 7) is 2.32. The summed E-state index contributed by atoms with van der Waals surface area (Å²) in [5.74, 6) is -0.452. The van der Waals surface area contributed by atoms with Gasteiger partial charge in [0.15, 0.2) is 0 Å². The third-order valence-electron chi connectivity index (χ3n) is 3.41. The average Bonchev–Trinajstić information content (AvgIpc) is 2.54. The monoisotopic (exact) mass is 419 g/mol. The van der Waals surface area contributed by atoms with Gasteiger partial charge in [0.25, 0.3) is 10.0 Å². The number of rotatable bonds is 10. The van der Waals surface area contributed by atoms with Crippen LogP contribution >= 0.6 is 0 Å². The fourth-order valence-corrected chi connectivity index (χ4v) is 3.63. The van der Waals surface area contributed by atoms with Crippen molar-refractivity contribution in [1.29, 1.82) is 0 Å². The largest absolute Gasteiger partial charge is 0.337 e. The van der Waals surface area contributed by atoms with Crippen molar-refractivity contribution < 1.29 is 26.4 Å². The maximum absolute atomic E-state index is 12.1. The molecule has 3 amide bonds. The van der Waals surface area contributed by atoms with Gasteiger partial charge in [-0.3, -0.25) is 4.79 Å². The Kier molecular flexibility index (Phi) is 8.70. The van der Waals surface area contributed by atoms with E-state index >= 15 is 0 Å². The van der Waals surface area contributed by atoms with Crippen LogP contribution in [-0.2, 0) is 24.7 Å². The predicted octanol–water partition coefficient (Wildman–Crippen LogP) is 1.24. The first kappa shape index (κ1) is 22.9. The van der Waals surface area contributed by atoms with Crippen LogP contribution in [-0.4, -0.2) is 47.3 Å². The number of urea groups is 1. The zero-order valence-electron chi connectivity index (χ0n) is 15.3. The SMILES string of the molecule is CCCCNC(=O)NS(=O)(=O)c1ccc(NC(=O)CCCS(C)(=O)=O)cc1. The molecule has 0 saturated heterocycles. The lowest BCUT2D eigenvalue weighted by atomic mass is 10.3. The van der Waals surface area contributed by atoms with Crippen molar-refractivity contribution in [2.75, 3.05) is 23.9 Å². The van der Waals surface area contributed by atoms with Crippen LogP contribution in [0.15, 0.2) is 29.2 Å². The first-order valence-electron chi connectivity index (χ1n) is 8.42. The van der Waals surface area contributed by atoms with Gasteiger partial charge in [0.2, 0.25) is 5.91 Å². The molecule has 9 nitrogen and oxygen atoms in total. The molecule has 0 bridgehead atoms. The molecule has 27 heavy (non-hydrogen) atoms. The quantitative estimate of drug-likeness (QED) is 0.488. The van der Waals surface area contributed by atoms with Crippen LogP contribution in [0.25, 0.3) is 0 Å². The number of anilines is 1. The van der Waals surface area contributed by atoms with E-state index in [1.807, 2.05) is 11.6 Å². The van der Waals surface area contributed by atoms with E-state index in [0.717, 1.165) is 19.1 Å². The van der Waals surface area contributed by atoms with E-state index in [4.69, 9.17) is 0 Å². The topological polar surface area (TPSA) is 139 Å². The third-order valence-corrected chi connectivity index (χ3v) is 5.79. The highest BCUT2D eigenvalue weighted by Gasteiger charge is 2.17. The minimum atomic E-state index is -4.01. The van der Waals surface area contributed by atoms with Crippen LogP contribution in [0.1, 0.15) is 32.6 Å². The predicted molar refractivity (Wildman–Crippen MR) is 103 cm³/mol. The summed E-state index contributed by atoms with van der Waals surface area (Å²) in [5.41, 5.74) is 0.366. The van der Waals surface area contributed by atoms with Crippen molar-refractivity contribution in [1.82, 2.24) is 10.0 Å². The standard InChI is InChI=1S/C16H25N3O6S2/c1-3-4-11-17-16(21)19-27(24,25)14-9-7-13(8-10-14)18-15(20)6-5-12-26(2,22)23/h7-10H,3-6,11-12H2,1-2H3,(H,18,20)(H2,17,19,21). The summed E-state index contributed by atoms with van der Waals surface area (Å²) in [6.07, 6.45) is 2.95. The van der Waals surface area contributed by atoms with Gasteiger partial charge in [-0.1, -0.05) is 13.3 Å². The van der Waals surface area contributed by atoms with Crippen LogP contribution < -0.4 is 15.4 Å². The number of nitrogens with one attached hydrogen (secondary N) is 3. The maximum Gasteiger partial charge on any atom is 0.328 e. The van der Waals surface area contributed by atoms with Crippen molar-refractivity contribution >= 4 is 37.5 Å². The summed E-state index contributed by atoms with van der Waals surface area (Å²) in [5, 5.41) is 5.00. The molecule has 0 fully saturated rings. The van der Waals surface area contributed by atoms with E-state index in [9.17, 15) is 26.4 Å². The fourth-order valence-electron chi connectivity index (χ4n) is 2.03. The van der Waals surface area contributed by atoms with Crippen molar-refractivity contribution in [2.45, 2.75) is 37.5 Å². The Morgan fingerprint density at radius 1 is 1.00 bits per heavy atom. The molecule has 0 atom stereocenters. The van der Waals surface area contributed by atoms with Crippen LogP contribution in [0, 0.1) is 0 Å². The van der Waals surface area contributed by atoms with E-state index in [1.165, 1.54) is 24.3 Å². The van der Waals surface area contributed by atoms with Gasteiger partial charge in [0, 0.05) is 24.9 Å². The first-order valence-corrected chi connectivity index (χ1v) is 12.0. The lowest BCUT2D eigenvalue weighted by molar-refractivity contribution is -0.116. The second kappa shape index (κ2) is 10.3. The van der Waals surface area contributed by atoms with Crippen molar-refractivity contribution in [3.8, 4) is 0 Å². The van der Waals surface area contributed by atoms with E-state index in [2.05, 4.69) is 10.6 Å². The maximum atomic E-state index is 12.1. The fraction of sp³-hybridized carbons (Fsp3) is 0.500. The molecule has 1 aromatic rings. The molecule has 0 heterocycles. The smallest absolute Gasteiger partial charge is 0.328 e. The molecule has 0 saturated carbocycles. The highest BCUT2D eigenvalue weighted by atomic mass is 32.2. The number of benzene rings is 1. The highest BCUT2D eigenvalue weighted by Crippen LogP contribution is 2.14. The first-order chi connectivity index (χ1) is 12.5. The van der Waals surface area contributed by atoms with Gasteiger partial charge >= 0.3 is 6.03 Å². The van der Waals surface area contributed by atoms with Gasteiger partial charge in [0.05, 0.1) is 10.6 Å². The summed E-state index contributed by atoms with van der Waals surface area (Å²) < 4.78 is 48.2. The average molecular weight is 420 g/mol. The lowest BCUT2D eigenvalue weighted by Crippen LogP contribution is -2.39. The van der Waals surface area contributed by atoms with Crippen molar-refractivity contribution in [3.05, 3.63) is 24.3 Å². The normalized spacial score (nSPS) is 11.6. The minimum absolute atomic E-state index is 0.0343. The molecule has 3 N–H and O–H groups in total. The summed E-state index contributed by atoms with van der Waals surface area (Å²) >= 11 is 0. The van der Waals surface area contributed by atoms with Gasteiger partial charge in [0.1, 0.15) is 9.84 Å². The Morgan fingerprint density at radius 3 is 2.19 bits per heavy atom. The molecule has 11 heteroatoms. The molecule has 0 radical (unpaired) electrons. The molecular formula is C16H25N3O6S2. The molecular weight excluding hydrogens is 394 g/mol. The number of carbonyl (C=O) groups excluding carboxylic acids is 2. The van der Waals surface area contributed by atoms with Gasteiger partial charge in [-0.15, -0.1) is 0 Å². The lowest BCUT2D eigenvalue weighted by Gasteiger charge is -2.09. The van der Waals surface area contributed by atoms with E-state index in [1.54, 1.807) is 0 Å². The van der Waals surface area contributed by atoms with Gasteiger partial charge < -0.3 is 10.6 Å². The Balaban J connectivity index is 2.59. The molecule has 0 aliphatic heterocycles. The van der Waals surface area contributed by atoms with Gasteiger partial charge in [-0.25, -0.2) is 26.4 Å². The van der Waals surface area contributed by atoms with E-state index in [0.29, 0.717) is 12.2 Å². The Labute approximate surface area is 159 Å². The number of carbonyl (C=O) groups is 2. The second-order valence-corrected chi connectivity index (χ2v) is 9.96. The summed E-state index contributed by atoms with van der Waals surface area (Å²) in [4.78, 5) is 23.2. The molecule has 1 aromatic carbocycles. The molecule has 0 aliphatic rings. The molecule has 0 spiro atoms. The molecule has 0 aliphatic carbocycles. The third kappa shape index (κ3) is 9.38. The number of hydrogen-bond donors (Lipinski definition) is 3. The number of hydrogen-bond acceptors (Lipinski definition) is 6. The molecule has 0 unspecified atom stereocenters. The minimum Gasteiger partial charge on any atom is -0.337 e. The van der Waals surface area contributed by atoms with Crippen molar-refractivity contribution in [2.24, 2.45) is 0 Å². The number of unbranched alkanes of at least 4 members (excludes halogenated alkanes) is 1. The molecule has 0 aromatic heterocycles. The summed E-state index contributed by atoms with van der Waals surface area (Å²) in [7, 11) is -7.13. The van der Waals surface area contributed by atoms with Crippen LogP contribution in [0.5, 0.6) is 0 Å². The zero-order valence-corrected chi connectivity index (χ0v) is 17.0. The number of sulfonamides is 1. The van der Waals surface area contributed by atoms with Gasteiger partial charge in [-0.05, 0) is 37.1 Å². The zero-order chi connectivity index (χ0) is 20.5. The Morgan fingerprint density at radius 2 is 1.63 bits per heavy atom. The van der Waals surface area contributed by atoms with Crippen molar-refractivity contribution in [3.63, 3.8) is 0 Å². The summed E-state index contributed by atoms with van der Waals surface area (Å²) in [6, 6.07) is 4.49. The van der Waals surface area contributed by atoms with Gasteiger partial charge in [-0.2, -0.15) is 0 Å². The highest BCUT2D eigenvalue weighted by molar-refractivity contribution is 7.90. The number of amides is 3. The van der Waals surface area contributed by atoms with Crippen LogP contribution in [0.4, 0.5) is 10.5 Å². The Hall–Kier alpha value is -2.14. The van der Waals surface area contributed by atoms with Crippen LogP contribution in [0.3, 0.4) is 0 Å². The Bertz CT molecular complexity index is 849. The van der Waals surface area contributed by atoms with Crippen LogP contribution in [0.2, 0.25) is 0 Å². The van der Waals surface area contributed by atoms with E-state index < -0.39 is 25.9 Å².